The Hall–Kier alpha value is -2.47. The molecule has 0 aliphatic carbocycles. The first-order chi connectivity index (χ1) is 12.4. The van der Waals surface area contributed by atoms with Gasteiger partial charge in [-0.2, -0.15) is 0 Å². The van der Waals surface area contributed by atoms with Gasteiger partial charge >= 0.3 is 0 Å². The van der Waals surface area contributed by atoms with Gasteiger partial charge in [0.05, 0.1) is 18.6 Å². The number of hydrogen-bond acceptors (Lipinski definition) is 4. The molecule has 0 aliphatic rings. The highest BCUT2D eigenvalue weighted by atomic mass is 32.2. The van der Waals surface area contributed by atoms with Crippen molar-refractivity contribution in [2.45, 2.75) is 31.6 Å². The van der Waals surface area contributed by atoms with E-state index in [-0.39, 0.29) is 17.6 Å². The maximum Gasteiger partial charge on any atom is 0.234 e. The molecule has 2 amide bonds. The number of hydrogen-bond donors (Lipinski definition) is 2. The predicted molar refractivity (Wildman–Crippen MR) is 107 cm³/mol. The second-order valence-corrected chi connectivity index (χ2v) is 7.21. The fraction of sp³-hybridized carbons (Fsp3) is 0.300. The third-order valence-electron chi connectivity index (χ3n) is 3.71. The Bertz CT molecular complexity index is 773. The summed E-state index contributed by atoms with van der Waals surface area (Å²) in [5, 5.41) is 5.53. The monoisotopic (exact) mass is 372 g/mol. The molecule has 0 saturated carbocycles. The SMILES string of the molecule is COc1ccc(NC(C)=O)cc1NC(=O)CSc1ccc(C(C)C)cc1. The van der Waals surface area contributed by atoms with Crippen LogP contribution in [0.3, 0.4) is 0 Å². The molecule has 0 fully saturated rings. The van der Waals surface area contributed by atoms with Crippen molar-refractivity contribution >= 4 is 35.0 Å². The molecule has 2 aromatic rings. The number of methoxy groups -OCH3 is 1. The summed E-state index contributed by atoms with van der Waals surface area (Å²) >= 11 is 1.47. The van der Waals surface area contributed by atoms with Gasteiger partial charge in [-0.05, 0) is 41.8 Å². The summed E-state index contributed by atoms with van der Waals surface area (Å²) in [5.74, 6) is 1.00. The van der Waals surface area contributed by atoms with Crippen LogP contribution in [0.4, 0.5) is 11.4 Å². The van der Waals surface area contributed by atoms with Crippen molar-refractivity contribution in [3.8, 4) is 5.75 Å². The smallest absolute Gasteiger partial charge is 0.234 e. The molecular weight excluding hydrogens is 348 g/mol. The van der Waals surface area contributed by atoms with Crippen LogP contribution >= 0.6 is 11.8 Å². The number of benzene rings is 2. The van der Waals surface area contributed by atoms with Crippen molar-refractivity contribution in [3.05, 3.63) is 48.0 Å². The lowest BCUT2D eigenvalue weighted by Gasteiger charge is -2.12. The molecule has 0 unspecified atom stereocenters. The number of nitrogens with one attached hydrogen (secondary N) is 2. The third kappa shape index (κ3) is 5.81. The van der Waals surface area contributed by atoms with Gasteiger partial charge in [0.1, 0.15) is 5.75 Å². The Labute approximate surface area is 158 Å². The summed E-state index contributed by atoms with van der Waals surface area (Å²) in [6.07, 6.45) is 0. The molecule has 138 valence electrons. The normalized spacial score (nSPS) is 10.5. The van der Waals surface area contributed by atoms with Crippen LogP contribution in [-0.4, -0.2) is 24.7 Å². The maximum atomic E-state index is 12.3. The Balaban J connectivity index is 1.99. The molecule has 6 heteroatoms. The van der Waals surface area contributed by atoms with Gasteiger partial charge in [-0.3, -0.25) is 9.59 Å². The van der Waals surface area contributed by atoms with E-state index in [0.717, 1.165) is 4.90 Å². The predicted octanol–water partition coefficient (Wildman–Crippen LogP) is 4.51. The van der Waals surface area contributed by atoms with Crippen molar-refractivity contribution in [3.63, 3.8) is 0 Å². The van der Waals surface area contributed by atoms with Gasteiger partial charge in [-0.25, -0.2) is 0 Å². The lowest BCUT2D eigenvalue weighted by atomic mass is 10.0. The molecule has 0 spiro atoms. The van der Waals surface area contributed by atoms with Gasteiger partial charge in [-0.1, -0.05) is 26.0 Å². The first kappa shape index (κ1) is 19.8. The average molecular weight is 372 g/mol. The molecule has 2 N–H and O–H groups in total. The fourth-order valence-corrected chi connectivity index (χ4v) is 3.07. The van der Waals surface area contributed by atoms with Gasteiger partial charge < -0.3 is 15.4 Å². The second-order valence-electron chi connectivity index (χ2n) is 6.16. The minimum atomic E-state index is -0.173. The topological polar surface area (TPSA) is 67.4 Å². The Kier molecular flexibility index (Phi) is 7.09. The van der Waals surface area contributed by atoms with Crippen LogP contribution < -0.4 is 15.4 Å². The van der Waals surface area contributed by atoms with Crippen LogP contribution in [0.15, 0.2) is 47.4 Å². The number of rotatable bonds is 7. The van der Waals surface area contributed by atoms with Crippen LogP contribution in [-0.2, 0) is 9.59 Å². The van der Waals surface area contributed by atoms with E-state index in [9.17, 15) is 9.59 Å². The van der Waals surface area contributed by atoms with Crippen molar-refractivity contribution in [1.82, 2.24) is 0 Å². The summed E-state index contributed by atoms with van der Waals surface area (Å²) in [7, 11) is 1.54. The lowest BCUT2D eigenvalue weighted by molar-refractivity contribution is -0.114. The number of ether oxygens (including phenoxy) is 1. The minimum Gasteiger partial charge on any atom is -0.495 e. The molecule has 0 atom stereocenters. The average Bonchev–Trinajstić information content (AvgIpc) is 2.60. The molecular formula is C20H24N2O3S. The van der Waals surface area contributed by atoms with Crippen LogP contribution in [0, 0.1) is 0 Å². The van der Waals surface area contributed by atoms with Gasteiger partial charge in [0.2, 0.25) is 11.8 Å². The number of thioether (sulfide) groups is 1. The standard InChI is InChI=1S/C20H24N2O3S/c1-13(2)15-5-8-17(9-6-15)26-12-20(24)22-18-11-16(21-14(3)23)7-10-19(18)25-4/h5-11,13H,12H2,1-4H3,(H,21,23)(H,22,24). The summed E-state index contributed by atoms with van der Waals surface area (Å²) in [5.41, 5.74) is 2.41. The van der Waals surface area contributed by atoms with Crippen LogP contribution in [0.2, 0.25) is 0 Å². The highest BCUT2D eigenvalue weighted by Crippen LogP contribution is 2.28. The van der Waals surface area contributed by atoms with Crippen molar-refractivity contribution in [2.75, 3.05) is 23.5 Å². The molecule has 0 heterocycles. The van der Waals surface area contributed by atoms with Crippen molar-refractivity contribution < 1.29 is 14.3 Å². The fourth-order valence-electron chi connectivity index (χ4n) is 2.37. The highest BCUT2D eigenvalue weighted by Gasteiger charge is 2.10. The van der Waals surface area contributed by atoms with E-state index in [1.807, 2.05) is 12.1 Å². The third-order valence-corrected chi connectivity index (χ3v) is 4.72. The zero-order valence-corrected chi connectivity index (χ0v) is 16.3. The van der Waals surface area contributed by atoms with Gasteiger partial charge in [0, 0.05) is 17.5 Å². The largest absolute Gasteiger partial charge is 0.495 e. The summed E-state index contributed by atoms with van der Waals surface area (Å²) in [6.45, 7) is 5.74. The Morgan fingerprint density at radius 1 is 1.08 bits per heavy atom. The number of amides is 2. The Morgan fingerprint density at radius 2 is 1.77 bits per heavy atom. The molecule has 0 aliphatic heterocycles. The first-order valence-electron chi connectivity index (χ1n) is 8.37. The van der Waals surface area contributed by atoms with Crippen LogP contribution in [0.5, 0.6) is 5.75 Å². The molecule has 0 bridgehead atoms. The molecule has 2 aromatic carbocycles. The van der Waals surface area contributed by atoms with E-state index < -0.39 is 0 Å². The molecule has 2 rings (SSSR count). The molecule has 5 nitrogen and oxygen atoms in total. The van der Waals surface area contributed by atoms with Crippen molar-refractivity contribution in [1.29, 1.82) is 0 Å². The Morgan fingerprint density at radius 3 is 2.35 bits per heavy atom. The second kappa shape index (κ2) is 9.29. The summed E-state index contributed by atoms with van der Waals surface area (Å²) in [4.78, 5) is 24.5. The molecule has 0 radical (unpaired) electrons. The quantitative estimate of drug-likeness (QED) is 0.702. The summed E-state index contributed by atoms with van der Waals surface area (Å²) in [6, 6.07) is 13.4. The van der Waals surface area contributed by atoms with Crippen molar-refractivity contribution in [2.24, 2.45) is 0 Å². The van der Waals surface area contributed by atoms with Crippen LogP contribution in [0.1, 0.15) is 32.3 Å². The van der Waals surface area contributed by atoms with E-state index >= 15 is 0 Å². The zero-order valence-electron chi connectivity index (χ0n) is 15.5. The van der Waals surface area contributed by atoms with Gasteiger partial charge in [0.15, 0.2) is 0 Å². The van der Waals surface area contributed by atoms with E-state index in [4.69, 9.17) is 4.74 Å². The molecule has 26 heavy (non-hydrogen) atoms. The van der Waals surface area contributed by atoms with E-state index in [0.29, 0.717) is 23.0 Å². The zero-order chi connectivity index (χ0) is 19.1. The number of carbonyl (C=O) groups excluding carboxylic acids is 2. The number of anilines is 2. The molecule has 0 aromatic heterocycles. The first-order valence-corrected chi connectivity index (χ1v) is 9.36. The number of carbonyl (C=O) groups is 2. The lowest BCUT2D eigenvalue weighted by Crippen LogP contribution is -2.15. The molecule has 0 saturated heterocycles. The minimum absolute atomic E-state index is 0.138. The van der Waals surface area contributed by atoms with E-state index in [1.165, 1.54) is 31.4 Å². The van der Waals surface area contributed by atoms with Gasteiger partial charge in [-0.15, -0.1) is 11.8 Å². The van der Waals surface area contributed by atoms with E-state index in [1.54, 1.807) is 18.2 Å². The highest BCUT2D eigenvalue weighted by molar-refractivity contribution is 8.00. The van der Waals surface area contributed by atoms with Gasteiger partial charge in [0.25, 0.3) is 0 Å². The summed E-state index contributed by atoms with van der Waals surface area (Å²) < 4.78 is 5.27. The maximum absolute atomic E-state index is 12.3. The van der Waals surface area contributed by atoms with Crippen LogP contribution in [0.25, 0.3) is 0 Å². The van der Waals surface area contributed by atoms with E-state index in [2.05, 4.69) is 36.6 Å².